The van der Waals surface area contributed by atoms with Crippen molar-refractivity contribution in [3.63, 3.8) is 0 Å². The molecule has 0 aliphatic heterocycles. The van der Waals surface area contributed by atoms with Crippen LogP contribution in [0.1, 0.15) is 26.2 Å². The average Bonchev–Trinajstić information content (AvgIpc) is 2.38. The zero-order chi connectivity index (χ0) is 13.4. The molecule has 0 heterocycles. The number of carboxylic acid groups (broad SMARTS) is 1. The number of rotatable bonds is 8. The molecule has 1 unspecified atom stereocenters. The highest BCUT2D eigenvalue weighted by Crippen LogP contribution is 2.18. The number of nitrogens with zero attached hydrogens (tertiary/aromatic N) is 1. The topological polar surface area (TPSA) is 40.5 Å². The number of thiol groups is 1. The number of aliphatic carboxylic acids is 1. The van der Waals surface area contributed by atoms with Crippen molar-refractivity contribution in [2.45, 2.75) is 32.2 Å². The molecule has 1 aromatic carbocycles. The normalized spacial score (nSPS) is 12.1. The van der Waals surface area contributed by atoms with E-state index in [4.69, 9.17) is 0 Å². The Morgan fingerprint density at radius 1 is 1.33 bits per heavy atom. The third-order valence-electron chi connectivity index (χ3n) is 2.92. The Hall–Kier alpha value is -1.16. The molecule has 0 radical (unpaired) electrons. The van der Waals surface area contributed by atoms with Crippen LogP contribution in [0.4, 0.5) is 5.69 Å². The number of benzene rings is 1. The molecule has 1 atom stereocenters. The quantitative estimate of drug-likeness (QED) is 0.562. The summed E-state index contributed by atoms with van der Waals surface area (Å²) in [5.74, 6) is -0.499. The lowest BCUT2D eigenvalue weighted by Gasteiger charge is -2.30. The molecule has 0 saturated heterocycles. The summed E-state index contributed by atoms with van der Waals surface area (Å²) in [4.78, 5) is 13.2. The van der Waals surface area contributed by atoms with Crippen molar-refractivity contribution in [1.82, 2.24) is 0 Å². The highest BCUT2D eigenvalue weighted by Gasteiger charge is 2.23. The van der Waals surface area contributed by atoms with E-state index in [-0.39, 0.29) is 0 Å². The lowest BCUT2D eigenvalue weighted by Crippen LogP contribution is -2.43. The largest absolute Gasteiger partial charge is 0.480 e. The van der Waals surface area contributed by atoms with Crippen LogP contribution in [0.25, 0.3) is 0 Å². The van der Waals surface area contributed by atoms with E-state index in [0.29, 0.717) is 5.75 Å². The maximum atomic E-state index is 11.3. The maximum Gasteiger partial charge on any atom is 0.327 e. The fourth-order valence-electron chi connectivity index (χ4n) is 1.93. The number of hydrogen-bond acceptors (Lipinski definition) is 3. The monoisotopic (exact) mass is 267 g/mol. The molecule has 0 aromatic heterocycles. The zero-order valence-electron chi connectivity index (χ0n) is 10.7. The molecule has 0 amide bonds. The number of unbranched alkanes of at least 4 members (excludes halogenated alkanes) is 2. The van der Waals surface area contributed by atoms with E-state index in [1.807, 2.05) is 35.2 Å². The van der Waals surface area contributed by atoms with Crippen LogP contribution >= 0.6 is 12.6 Å². The van der Waals surface area contributed by atoms with Crippen molar-refractivity contribution in [3.05, 3.63) is 30.3 Å². The van der Waals surface area contributed by atoms with Gasteiger partial charge in [0.1, 0.15) is 6.04 Å². The summed E-state index contributed by atoms with van der Waals surface area (Å²) in [5, 5.41) is 9.27. The van der Waals surface area contributed by atoms with Gasteiger partial charge < -0.3 is 10.0 Å². The first kappa shape index (κ1) is 14.9. The molecule has 1 N–H and O–H groups in total. The molecule has 3 nitrogen and oxygen atoms in total. The second-order valence-electron chi connectivity index (χ2n) is 4.27. The summed E-state index contributed by atoms with van der Waals surface area (Å²) in [7, 11) is 0. The van der Waals surface area contributed by atoms with Gasteiger partial charge in [0.25, 0.3) is 0 Å². The van der Waals surface area contributed by atoms with Gasteiger partial charge in [-0.2, -0.15) is 12.6 Å². The van der Waals surface area contributed by atoms with Crippen molar-refractivity contribution in [1.29, 1.82) is 0 Å². The Bertz CT molecular complexity index is 356. The number of anilines is 1. The minimum atomic E-state index is -0.814. The van der Waals surface area contributed by atoms with Crippen LogP contribution in [0.15, 0.2) is 30.3 Å². The molecular weight excluding hydrogens is 246 g/mol. The first-order valence-corrected chi connectivity index (χ1v) is 6.99. The van der Waals surface area contributed by atoms with E-state index in [2.05, 4.69) is 19.6 Å². The molecule has 0 aliphatic carbocycles. The SMILES string of the molecule is CCCCCN(c1ccccc1)C(CS)C(=O)O. The molecule has 4 heteroatoms. The van der Waals surface area contributed by atoms with Gasteiger partial charge in [-0.1, -0.05) is 38.0 Å². The predicted molar refractivity (Wildman–Crippen MR) is 78.6 cm³/mol. The van der Waals surface area contributed by atoms with Crippen molar-refractivity contribution in [2.24, 2.45) is 0 Å². The Morgan fingerprint density at radius 2 is 2.00 bits per heavy atom. The number of hydrogen-bond donors (Lipinski definition) is 2. The summed E-state index contributed by atoms with van der Waals surface area (Å²) in [5.41, 5.74) is 0.954. The number of para-hydroxylation sites is 1. The third kappa shape index (κ3) is 4.26. The summed E-state index contributed by atoms with van der Waals surface area (Å²) in [6.07, 6.45) is 3.24. The van der Waals surface area contributed by atoms with Crippen molar-refractivity contribution in [3.8, 4) is 0 Å². The van der Waals surface area contributed by atoms with Gasteiger partial charge in [0.05, 0.1) is 0 Å². The van der Waals surface area contributed by atoms with Crippen molar-refractivity contribution < 1.29 is 9.90 Å². The molecule has 0 fully saturated rings. The summed E-state index contributed by atoms with van der Waals surface area (Å²) < 4.78 is 0. The van der Waals surface area contributed by atoms with Gasteiger partial charge in [-0.25, -0.2) is 4.79 Å². The maximum absolute atomic E-state index is 11.3. The molecular formula is C14H21NO2S. The van der Waals surface area contributed by atoms with Crippen molar-refractivity contribution >= 4 is 24.3 Å². The molecule has 0 bridgehead atoms. The number of carboxylic acids is 1. The van der Waals surface area contributed by atoms with Crippen LogP contribution in [-0.2, 0) is 4.79 Å². The summed E-state index contributed by atoms with van der Waals surface area (Å²) >= 11 is 4.17. The molecule has 18 heavy (non-hydrogen) atoms. The van der Waals surface area contributed by atoms with Gasteiger partial charge in [0.2, 0.25) is 0 Å². The smallest absolute Gasteiger partial charge is 0.327 e. The Balaban J connectivity index is 2.83. The van der Waals surface area contributed by atoms with E-state index in [9.17, 15) is 9.90 Å². The lowest BCUT2D eigenvalue weighted by molar-refractivity contribution is -0.138. The first-order chi connectivity index (χ1) is 8.70. The van der Waals surface area contributed by atoms with E-state index in [1.165, 1.54) is 0 Å². The highest BCUT2D eigenvalue weighted by molar-refractivity contribution is 7.80. The number of carbonyl (C=O) groups is 1. The third-order valence-corrected chi connectivity index (χ3v) is 3.27. The van der Waals surface area contributed by atoms with E-state index in [0.717, 1.165) is 31.5 Å². The fraction of sp³-hybridized carbons (Fsp3) is 0.500. The fourth-order valence-corrected chi connectivity index (χ4v) is 2.28. The molecule has 0 spiro atoms. The van der Waals surface area contributed by atoms with Crippen LogP contribution < -0.4 is 4.90 Å². The van der Waals surface area contributed by atoms with Crippen LogP contribution in [-0.4, -0.2) is 29.4 Å². The van der Waals surface area contributed by atoms with Gasteiger partial charge in [-0.3, -0.25) is 0 Å². The van der Waals surface area contributed by atoms with Gasteiger partial charge >= 0.3 is 5.97 Å². The second kappa shape index (κ2) is 8.03. The van der Waals surface area contributed by atoms with Crippen LogP contribution in [0.5, 0.6) is 0 Å². The predicted octanol–water partition coefficient (Wildman–Crippen LogP) is 3.07. The standard InChI is InChI=1S/C14H21NO2S/c1-2-3-7-10-15(13(11-18)14(16)17)12-8-5-4-6-9-12/h4-6,8-9,13,18H,2-3,7,10-11H2,1H3,(H,16,17). The molecule has 1 aromatic rings. The van der Waals surface area contributed by atoms with Crippen LogP contribution in [0.2, 0.25) is 0 Å². The van der Waals surface area contributed by atoms with Gasteiger partial charge in [0, 0.05) is 18.0 Å². The Labute approximate surface area is 114 Å². The molecule has 1 rings (SSSR count). The zero-order valence-corrected chi connectivity index (χ0v) is 11.6. The lowest BCUT2D eigenvalue weighted by atomic mass is 10.1. The molecule has 0 saturated carbocycles. The summed E-state index contributed by atoms with van der Waals surface area (Å²) in [6, 6.07) is 9.13. The molecule has 100 valence electrons. The first-order valence-electron chi connectivity index (χ1n) is 6.36. The van der Waals surface area contributed by atoms with Crippen LogP contribution in [0, 0.1) is 0 Å². The van der Waals surface area contributed by atoms with Gasteiger partial charge in [-0.15, -0.1) is 0 Å². The van der Waals surface area contributed by atoms with E-state index in [1.54, 1.807) is 0 Å². The Morgan fingerprint density at radius 3 is 2.50 bits per heavy atom. The van der Waals surface area contributed by atoms with Crippen LogP contribution in [0.3, 0.4) is 0 Å². The van der Waals surface area contributed by atoms with Crippen molar-refractivity contribution in [2.75, 3.05) is 17.2 Å². The minimum absolute atomic E-state index is 0.316. The molecule has 0 aliphatic rings. The minimum Gasteiger partial charge on any atom is -0.480 e. The average molecular weight is 267 g/mol. The highest BCUT2D eigenvalue weighted by atomic mass is 32.1. The van der Waals surface area contributed by atoms with Gasteiger partial charge in [0.15, 0.2) is 0 Å². The Kier molecular flexibility index (Phi) is 6.65. The second-order valence-corrected chi connectivity index (χ2v) is 4.64. The summed E-state index contributed by atoms with van der Waals surface area (Å²) in [6.45, 7) is 2.90. The van der Waals surface area contributed by atoms with E-state index >= 15 is 0 Å². The van der Waals surface area contributed by atoms with Gasteiger partial charge in [-0.05, 0) is 18.6 Å². The van der Waals surface area contributed by atoms with E-state index < -0.39 is 12.0 Å².